The van der Waals surface area contributed by atoms with Gasteiger partial charge < -0.3 is 0 Å². The monoisotopic (exact) mass is 301 g/mol. The van der Waals surface area contributed by atoms with Crippen molar-refractivity contribution < 1.29 is 4.79 Å². The molecule has 4 nitrogen and oxygen atoms in total. The van der Waals surface area contributed by atoms with Crippen LogP contribution in [0.25, 0.3) is 0 Å². The van der Waals surface area contributed by atoms with Crippen LogP contribution in [0.5, 0.6) is 0 Å². The summed E-state index contributed by atoms with van der Waals surface area (Å²) in [7, 11) is 0. The van der Waals surface area contributed by atoms with Crippen LogP contribution in [-0.2, 0) is 0 Å². The molecule has 0 aliphatic heterocycles. The Morgan fingerprint density at radius 1 is 1.12 bits per heavy atom. The number of hydrazine groups is 1. The highest BCUT2D eigenvalue weighted by atomic mass is 35.5. The molecule has 0 aliphatic rings. The third kappa shape index (κ3) is 6.87. The predicted octanol–water partition coefficient (Wildman–Crippen LogP) is 2.75. The number of hydrogen-bond acceptors (Lipinski definition) is 3. The van der Waals surface area contributed by atoms with Crippen LogP contribution in [0.4, 0.5) is 0 Å². The van der Waals surface area contributed by atoms with E-state index in [0.29, 0.717) is 5.56 Å². The van der Waals surface area contributed by atoms with Crippen molar-refractivity contribution in [3.63, 3.8) is 0 Å². The van der Waals surface area contributed by atoms with E-state index < -0.39 is 0 Å². The lowest BCUT2D eigenvalue weighted by Crippen LogP contribution is -2.29. The van der Waals surface area contributed by atoms with Crippen LogP contribution in [0.2, 0.25) is 0 Å². The van der Waals surface area contributed by atoms with Gasteiger partial charge in [0.25, 0.3) is 5.91 Å². The van der Waals surface area contributed by atoms with Crippen LogP contribution >= 0.6 is 46.4 Å². The molecule has 0 radical (unpaired) electrons. The second-order valence-corrected chi connectivity index (χ2v) is 4.13. The van der Waals surface area contributed by atoms with Gasteiger partial charge in [0.05, 0.1) is 0 Å². The summed E-state index contributed by atoms with van der Waals surface area (Å²) in [5.41, 5.74) is 2.53. The zero-order chi connectivity index (χ0) is 12.6. The number of amides is 1. The maximum absolute atomic E-state index is 10.7. The van der Waals surface area contributed by atoms with E-state index in [0.717, 1.165) is 0 Å². The Morgan fingerprint density at radius 2 is 1.56 bits per heavy atom. The molecular weight excluding hydrogens is 296 g/mol. The number of carbonyl (C=O) groups is 1. The largest absolute Gasteiger partial charge is 0.290 e. The Labute approximate surface area is 112 Å². The fourth-order valence-electron chi connectivity index (χ4n) is 0.587. The number of pyridine rings is 1. The van der Waals surface area contributed by atoms with E-state index in [4.69, 9.17) is 52.2 Å². The Balaban J connectivity index is 0.000000325. The maximum Gasteiger partial charge on any atom is 0.265 e. The van der Waals surface area contributed by atoms with E-state index in [2.05, 4.69) is 4.98 Å². The number of carbonyl (C=O) groups excluding carboxylic acids is 1. The highest BCUT2D eigenvalue weighted by Gasteiger charge is 1.99. The summed E-state index contributed by atoms with van der Waals surface area (Å²) in [6.45, 7) is 0. The topological polar surface area (TPSA) is 68.0 Å². The van der Waals surface area contributed by atoms with Crippen LogP contribution in [0.15, 0.2) is 33.5 Å². The van der Waals surface area contributed by atoms with Gasteiger partial charge in [0.15, 0.2) is 0 Å². The molecule has 0 fully saturated rings. The van der Waals surface area contributed by atoms with E-state index in [1.807, 2.05) is 5.43 Å². The fourth-order valence-corrected chi connectivity index (χ4v) is 0.587. The highest BCUT2D eigenvalue weighted by Crippen LogP contribution is 2.20. The molecule has 1 rings (SSSR count). The summed E-state index contributed by atoms with van der Waals surface area (Å²) in [6, 6.07) is 3.17. The van der Waals surface area contributed by atoms with Gasteiger partial charge >= 0.3 is 0 Å². The van der Waals surface area contributed by atoms with Gasteiger partial charge in [-0.3, -0.25) is 15.2 Å². The van der Waals surface area contributed by atoms with Gasteiger partial charge in [0, 0.05) is 18.0 Å². The molecule has 1 amide bonds. The van der Waals surface area contributed by atoms with Gasteiger partial charge in [0.2, 0.25) is 0 Å². The fraction of sp³-hybridized carbons (Fsp3) is 0. The van der Waals surface area contributed by atoms with Crippen molar-refractivity contribution in [1.82, 2.24) is 10.4 Å². The minimum Gasteiger partial charge on any atom is -0.290 e. The molecule has 3 N–H and O–H groups in total. The van der Waals surface area contributed by atoms with Crippen molar-refractivity contribution in [1.29, 1.82) is 0 Å². The first kappa shape index (κ1) is 15.5. The first-order chi connectivity index (χ1) is 7.49. The van der Waals surface area contributed by atoms with Crippen LogP contribution in [0, 0.1) is 0 Å². The van der Waals surface area contributed by atoms with Crippen molar-refractivity contribution in [2.75, 3.05) is 0 Å². The Hall–Kier alpha value is -0.520. The van der Waals surface area contributed by atoms with Crippen molar-refractivity contribution in [2.24, 2.45) is 5.84 Å². The molecule has 0 bridgehead atoms. The minimum absolute atomic E-state index is 0.0988. The molecule has 0 saturated carbocycles. The molecule has 0 spiro atoms. The Morgan fingerprint density at radius 3 is 1.88 bits per heavy atom. The molecule has 1 aromatic heterocycles. The quantitative estimate of drug-likeness (QED) is 0.476. The second-order valence-electron chi connectivity index (χ2n) is 2.23. The molecule has 0 aromatic carbocycles. The van der Waals surface area contributed by atoms with Crippen molar-refractivity contribution >= 4 is 52.3 Å². The van der Waals surface area contributed by atoms with Crippen LogP contribution in [-0.4, -0.2) is 10.9 Å². The SMILES string of the molecule is ClC(Cl)=C(Cl)Cl.NNC(=O)c1ccncc1. The van der Waals surface area contributed by atoms with E-state index in [1.165, 1.54) is 12.4 Å². The zero-order valence-corrected chi connectivity index (χ0v) is 10.8. The summed E-state index contributed by atoms with van der Waals surface area (Å²) in [6.07, 6.45) is 3.06. The van der Waals surface area contributed by atoms with Gasteiger partial charge in [-0.25, -0.2) is 5.84 Å². The number of rotatable bonds is 1. The number of hydrogen-bond donors (Lipinski definition) is 2. The van der Waals surface area contributed by atoms with Gasteiger partial charge in [-0.1, -0.05) is 46.4 Å². The molecule has 1 aromatic rings. The second kappa shape index (κ2) is 8.61. The van der Waals surface area contributed by atoms with E-state index in [9.17, 15) is 4.79 Å². The van der Waals surface area contributed by atoms with Crippen LogP contribution in [0.3, 0.4) is 0 Å². The lowest BCUT2D eigenvalue weighted by molar-refractivity contribution is 0.0953. The smallest absolute Gasteiger partial charge is 0.265 e. The molecule has 0 unspecified atom stereocenters. The van der Waals surface area contributed by atoms with Crippen molar-refractivity contribution in [3.8, 4) is 0 Å². The van der Waals surface area contributed by atoms with Gasteiger partial charge in [-0.15, -0.1) is 0 Å². The molecule has 88 valence electrons. The van der Waals surface area contributed by atoms with Crippen molar-refractivity contribution in [3.05, 3.63) is 39.1 Å². The molecule has 8 heteroatoms. The van der Waals surface area contributed by atoms with Gasteiger partial charge in [0.1, 0.15) is 8.98 Å². The first-order valence-corrected chi connectivity index (χ1v) is 5.27. The average Bonchev–Trinajstić information content (AvgIpc) is 2.30. The normalized spacial score (nSPS) is 8.56. The maximum atomic E-state index is 10.7. The van der Waals surface area contributed by atoms with E-state index in [-0.39, 0.29) is 14.9 Å². The average molecular weight is 303 g/mol. The van der Waals surface area contributed by atoms with Crippen LogP contribution in [0.1, 0.15) is 10.4 Å². The van der Waals surface area contributed by atoms with Crippen molar-refractivity contribution in [2.45, 2.75) is 0 Å². The summed E-state index contributed by atoms with van der Waals surface area (Å²) >= 11 is 20.0. The van der Waals surface area contributed by atoms with Gasteiger partial charge in [-0.05, 0) is 12.1 Å². The summed E-state index contributed by atoms with van der Waals surface area (Å²) < 4.78 is -0.198. The van der Waals surface area contributed by atoms with Gasteiger partial charge in [-0.2, -0.15) is 0 Å². The lowest BCUT2D eigenvalue weighted by atomic mass is 10.3. The third-order valence-electron chi connectivity index (χ3n) is 1.22. The molecule has 0 atom stereocenters. The Kier molecular flexibility index (Phi) is 8.33. The number of nitrogens with two attached hydrogens (primary N) is 1. The zero-order valence-electron chi connectivity index (χ0n) is 7.75. The molecule has 0 aliphatic carbocycles. The standard InChI is InChI=1S/C6H7N3O.C2Cl4/c7-9-6(10)5-1-3-8-4-2-5;3-1(4)2(5)6/h1-4H,7H2,(H,9,10);. The summed E-state index contributed by atoms with van der Waals surface area (Å²) in [5.74, 6) is 4.58. The van der Waals surface area contributed by atoms with E-state index in [1.54, 1.807) is 12.1 Å². The highest BCUT2D eigenvalue weighted by molar-refractivity contribution is 6.67. The molecule has 0 saturated heterocycles. The molecular formula is C8H7Cl4N3O. The number of nitrogens with one attached hydrogen (secondary N) is 1. The third-order valence-corrected chi connectivity index (χ3v) is 2.36. The number of aromatic nitrogens is 1. The lowest BCUT2D eigenvalue weighted by Gasteiger charge is -1.95. The molecule has 1 heterocycles. The summed E-state index contributed by atoms with van der Waals surface area (Å²) in [5, 5.41) is 0. The number of halogens is 4. The molecule has 16 heavy (non-hydrogen) atoms. The Bertz CT molecular complexity index is 351. The number of nitrogens with zero attached hydrogens (tertiary/aromatic N) is 1. The summed E-state index contributed by atoms with van der Waals surface area (Å²) in [4.78, 5) is 14.5. The van der Waals surface area contributed by atoms with E-state index >= 15 is 0 Å². The van der Waals surface area contributed by atoms with Crippen LogP contribution < -0.4 is 11.3 Å². The first-order valence-electron chi connectivity index (χ1n) is 3.76. The predicted molar refractivity (Wildman–Crippen MR) is 66.3 cm³/mol. The minimum atomic E-state index is -0.303. The number of nitrogen functional groups attached to an aromatic ring is 1.